The molecule has 0 saturated carbocycles. The van der Waals surface area contributed by atoms with Crippen LogP contribution in [0.5, 0.6) is 0 Å². The quantitative estimate of drug-likeness (QED) is 0.275. The van der Waals surface area contributed by atoms with E-state index in [4.69, 9.17) is 0 Å². The van der Waals surface area contributed by atoms with Gasteiger partial charge in [-0.3, -0.25) is 0 Å². The second-order valence-electron chi connectivity index (χ2n) is 10.9. The van der Waals surface area contributed by atoms with E-state index in [-0.39, 0.29) is 23.2 Å². The zero-order chi connectivity index (χ0) is 27.7. The van der Waals surface area contributed by atoms with E-state index in [0.717, 1.165) is 19.3 Å². The number of likely N-dealkylation sites (tertiary alicyclic amines) is 1. The molecule has 1 fully saturated rings. The van der Waals surface area contributed by atoms with Crippen molar-refractivity contribution in [1.29, 1.82) is 0 Å². The molecule has 0 bridgehead atoms. The van der Waals surface area contributed by atoms with Crippen molar-refractivity contribution in [2.45, 2.75) is 65.8 Å². The van der Waals surface area contributed by atoms with Crippen LogP contribution in [-0.2, 0) is 0 Å². The van der Waals surface area contributed by atoms with Crippen molar-refractivity contribution in [2.75, 3.05) is 25.0 Å². The van der Waals surface area contributed by atoms with Gasteiger partial charge in [0, 0.05) is 17.8 Å². The predicted octanol–water partition coefficient (Wildman–Crippen LogP) is 7.02. The summed E-state index contributed by atoms with van der Waals surface area (Å²) in [5.41, 5.74) is 2.42. The normalized spacial score (nSPS) is 17.5. The van der Waals surface area contributed by atoms with Gasteiger partial charge >= 0.3 is 0 Å². The average Bonchev–Trinajstić information content (AvgIpc) is 3.09. The van der Waals surface area contributed by atoms with Gasteiger partial charge in [-0.15, -0.1) is 0 Å². The van der Waals surface area contributed by atoms with Crippen LogP contribution in [0, 0.1) is 24.5 Å². The van der Waals surface area contributed by atoms with Gasteiger partial charge in [0.2, 0.25) is 5.95 Å². The molecule has 9 heteroatoms. The fourth-order valence-electron chi connectivity index (χ4n) is 5.82. The number of imidazole rings is 1. The highest BCUT2D eigenvalue weighted by Gasteiger charge is 2.23. The van der Waals surface area contributed by atoms with Crippen LogP contribution in [0.25, 0.3) is 22.3 Å². The number of fused-ring (bicyclic) bond motifs is 1. The topological polar surface area (TPSA) is 71.8 Å². The lowest BCUT2D eigenvalue weighted by Gasteiger charge is -2.23. The number of aryl methyl sites for hydroxylation is 1. The molecule has 2 atom stereocenters. The Morgan fingerprint density at radius 1 is 1.00 bits per heavy atom. The molecule has 0 spiro atoms. The van der Waals surface area contributed by atoms with Crippen molar-refractivity contribution < 1.29 is 8.78 Å². The van der Waals surface area contributed by atoms with Gasteiger partial charge in [0.15, 0.2) is 11.6 Å². The smallest absolute Gasteiger partial charge is 0.229 e. The maximum Gasteiger partial charge on any atom is 0.229 e. The molecule has 3 aromatic heterocycles. The first-order valence-electron chi connectivity index (χ1n) is 13.9. The number of halogens is 2. The molecule has 7 nitrogen and oxygen atoms in total. The molecule has 5 rings (SSSR count). The number of anilines is 2. The van der Waals surface area contributed by atoms with E-state index in [1.807, 2.05) is 37.6 Å². The van der Waals surface area contributed by atoms with Crippen LogP contribution < -0.4 is 5.32 Å². The van der Waals surface area contributed by atoms with Gasteiger partial charge in [-0.25, -0.2) is 28.7 Å². The van der Waals surface area contributed by atoms with Crippen LogP contribution in [0.2, 0.25) is 0 Å². The first-order chi connectivity index (χ1) is 18.7. The van der Waals surface area contributed by atoms with Gasteiger partial charge in [0.1, 0.15) is 22.9 Å². The fourth-order valence-corrected chi connectivity index (χ4v) is 5.82. The van der Waals surface area contributed by atoms with Crippen LogP contribution in [0.4, 0.5) is 20.5 Å². The minimum absolute atomic E-state index is 0.0159. The molecule has 1 aliphatic heterocycles. The Hall–Kier alpha value is -3.46. The number of hydrogen-bond acceptors (Lipinski definition) is 6. The van der Waals surface area contributed by atoms with E-state index in [0.29, 0.717) is 34.6 Å². The van der Waals surface area contributed by atoms with Crippen molar-refractivity contribution in [3.63, 3.8) is 0 Å². The Balaban J connectivity index is 1.36. The third kappa shape index (κ3) is 5.64. The van der Waals surface area contributed by atoms with E-state index in [9.17, 15) is 8.78 Å². The fraction of sp³-hybridized carbons (Fsp3) is 0.467. The van der Waals surface area contributed by atoms with Gasteiger partial charge in [0.05, 0.1) is 11.7 Å². The van der Waals surface area contributed by atoms with Crippen molar-refractivity contribution in [1.82, 2.24) is 29.4 Å². The number of nitrogens with zero attached hydrogens (tertiary/aromatic N) is 6. The lowest BCUT2D eigenvalue weighted by molar-refractivity contribution is 0.291. The highest BCUT2D eigenvalue weighted by atomic mass is 19.1. The van der Waals surface area contributed by atoms with Gasteiger partial charge in [-0.2, -0.15) is 0 Å². The second kappa shape index (κ2) is 11.3. The van der Waals surface area contributed by atoms with Gasteiger partial charge in [0.25, 0.3) is 0 Å². The summed E-state index contributed by atoms with van der Waals surface area (Å²) in [7, 11) is 0. The van der Waals surface area contributed by atoms with E-state index < -0.39 is 11.6 Å². The lowest BCUT2D eigenvalue weighted by Crippen LogP contribution is -2.24. The first kappa shape index (κ1) is 27.1. The van der Waals surface area contributed by atoms with Gasteiger partial charge in [-0.05, 0) is 95.3 Å². The minimum Gasteiger partial charge on any atom is -0.326 e. The van der Waals surface area contributed by atoms with Crippen molar-refractivity contribution in [3.05, 3.63) is 59.7 Å². The minimum atomic E-state index is -0.631. The Bertz CT molecular complexity index is 1450. The first-order valence-corrected chi connectivity index (χ1v) is 13.9. The monoisotopic (exact) mass is 533 g/mol. The molecule has 1 aromatic carbocycles. The average molecular weight is 534 g/mol. The number of pyridine rings is 1. The number of hydrogen-bond donors (Lipinski definition) is 1. The lowest BCUT2D eigenvalue weighted by atomic mass is 9.83. The molecule has 0 amide bonds. The molecule has 1 saturated heterocycles. The van der Waals surface area contributed by atoms with E-state index >= 15 is 0 Å². The number of aromatic nitrogens is 5. The Morgan fingerprint density at radius 3 is 2.54 bits per heavy atom. The summed E-state index contributed by atoms with van der Waals surface area (Å²) in [4.78, 5) is 20.0. The Kier molecular flexibility index (Phi) is 7.88. The van der Waals surface area contributed by atoms with Crippen molar-refractivity contribution >= 4 is 22.8 Å². The van der Waals surface area contributed by atoms with Crippen LogP contribution in [0.1, 0.15) is 70.3 Å². The van der Waals surface area contributed by atoms with Crippen LogP contribution in [0.3, 0.4) is 0 Å². The Labute approximate surface area is 228 Å². The van der Waals surface area contributed by atoms with Crippen LogP contribution in [0.15, 0.2) is 36.7 Å². The van der Waals surface area contributed by atoms with Crippen molar-refractivity contribution in [2.24, 2.45) is 5.92 Å². The van der Waals surface area contributed by atoms with Crippen LogP contribution in [-0.4, -0.2) is 49.0 Å². The van der Waals surface area contributed by atoms with Crippen LogP contribution >= 0.6 is 0 Å². The molecular formula is C30H37F2N7. The summed E-state index contributed by atoms with van der Waals surface area (Å²) in [6.07, 6.45) is 6.66. The molecule has 206 valence electrons. The predicted molar refractivity (Wildman–Crippen MR) is 151 cm³/mol. The summed E-state index contributed by atoms with van der Waals surface area (Å²) in [5.74, 6) is 1.37. The molecule has 4 aromatic rings. The molecule has 0 aliphatic carbocycles. The number of nitrogens with one attached hydrogen (secondary N) is 1. The number of rotatable bonds is 7. The Morgan fingerprint density at radius 2 is 1.82 bits per heavy atom. The summed E-state index contributed by atoms with van der Waals surface area (Å²) < 4.78 is 31.8. The SMILES string of the molecule is CCN1CCCC(C(C)c2ccc(Nc3ncc(F)c(-c4cc(F)c5nc(C)n(C(C)C)c5c4)n3)nc2)CC1. The third-order valence-electron chi connectivity index (χ3n) is 8.03. The zero-order valence-electron chi connectivity index (χ0n) is 23.4. The van der Waals surface area contributed by atoms with Gasteiger partial charge in [-0.1, -0.05) is 19.9 Å². The molecule has 1 N–H and O–H groups in total. The van der Waals surface area contributed by atoms with Gasteiger partial charge < -0.3 is 14.8 Å². The molecule has 4 heterocycles. The summed E-state index contributed by atoms with van der Waals surface area (Å²) >= 11 is 0. The zero-order valence-corrected chi connectivity index (χ0v) is 23.4. The summed E-state index contributed by atoms with van der Waals surface area (Å²) in [5, 5.41) is 3.08. The summed E-state index contributed by atoms with van der Waals surface area (Å²) in [6.45, 7) is 13.8. The maximum absolute atomic E-state index is 15.0. The largest absolute Gasteiger partial charge is 0.326 e. The van der Waals surface area contributed by atoms with E-state index in [2.05, 4.69) is 50.1 Å². The summed E-state index contributed by atoms with van der Waals surface area (Å²) in [6, 6.07) is 7.07. The highest BCUT2D eigenvalue weighted by Crippen LogP contribution is 2.33. The third-order valence-corrected chi connectivity index (χ3v) is 8.03. The molecular weight excluding hydrogens is 496 g/mol. The molecule has 2 unspecified atom stereocenters. The maximum atomic E-state index is 15.0. The van der Waals surface area contributed by atoms with E-state index in [1.54, 1.807) is 6.07 Å². The number of benzene rings is 1. The molecule has 39 heavy (non-hydrogen) atoms. The molecule has 1 aliphatic rings. The molecule has 0 radical (unpaired) electrons. The van der Waals surface area contributed by atoms with Crippen molar-refractivity contribution in [3.8, 4) is 11.3 Å². The highest BCUT2D eigenvalue weighted by molar-refractivity contribution is 5.83. The second-order valence-corrected chi connectivity index (χ2v) is 10.9. The van der Waals surface area contributed by atoms with E-state index in [1.165, 1.54) is 37.4 Å². The standard InChI is InChI=1S/C30H37F2N7/c1-6-38-12-7-8-21(11-13-38)19(4)22-9-10-27(33-16-22)36-30-34-17-25(32)28(37-30)23-14-24(31)29-26(15-23)39(18(2)3)20(5)35-29/h9-10,14-19,21H,6-8,11-13H2,1-5H3,(H,33,34,36,37).